The quantitative estimate of drug-likeness (QED) is 0.0506. The molecule has 0 spiro atoms. The number of hydrogen-bond donors (Lipinski definition) is 3. The van der Waals surface area contributed by atoms with Crippen molar-refractivity contribution in [3.8, 4) is 5.75 Å². The average molecular weight is 889 g/mol. The Morgan fingerprint density at radius 2 is 1.84 bits per heavy atom. The number of rotatable bonds is 19. The van der Waals surface area contributed by atoms with E-state index in [2.05, 4.69) is 37.4 Å². The van der Waals surface area contributed by atoms with Crippen molar-refractivity contribution < 1.29 is 42.6 Å². The summed E-state index contributed by atoms with van der Waals surface area (Å²) in [5, 5.41) is 8.81. The van der Waals surface area contributed by atoms with Crippen molar-refractivity contribution in [2.24, 2.45) is 0 Å². The third kappa shape index (κ3) is 11.0. The summed E-state index contributed by atoms with van der Waals surface area (Å²) in [4.78, 5) is 77.5. The molecule has 2 fully saturated rings. The van der Waals surface area contributed by atoms with Crippen LogP contribution in [-0.2, 0) is 35.2 Å². The van der Waals surface area contributed by atoms with Crippen molar-refractivity contribution in [1.29, 1.82) is 0 Å². The molecule has 7 rings (SSSR count). The van der Waals surface area contributed by atoms with Gasteiger partial charge in [-0.25, -0.2) is 14.4 Å². The van der Waals surface area contributed by atoms with Gasteiger partial charge in [0.05, 0.1) is 42.7 Å². The smallest absolute Gasteiger partial charge is 0.255 e. The van der Waals surface area contributed by atoms with Gasteiger partial charge >= 0.3 is 0 Å². The van der Waals surface area contributed by atoms with Gasteiger partial charge in [-0.1, -0.05) is 24.2 Å². The Bertz CT molecular complexity index is 2350. The molecule has 19 heteroatoms. The van der Waals surface area contributed by atoms with E-state index in [0.717, 1.165) is 23.1 Å². The number of halogens is 2. The lowest BCUT2D eigenvalue weighted by Gasteiger charge is -2.34. The number of thioether (sulfide) groups is 1. The van der Waals surface area contributed by atoms with Gasteiger partial charge in [0, 0.05) is 79.0 Å². The number of piperazine rings is 1. The van der Waals surface area contributed by atoms with Gasteiger partial charge in [0.25, 0.3) is 5.91 Å². The topological polar surface area (TPSA) is 185 Å². The van der Waals surface area contributed by atoms with Gasteiger partial charge in [0.1, 0.15) is 36.4 Å². The molecule has 0 saturated carbocycles. The van der Waals surface area contributed by atoms with Crippen LogP contribution in [0.4, 0.5) is 21.6 Å². The van der Waals surface area contributed by atoms with E-state index in [9.17, 15) is 28.4 Å². The Labute approximate surface area is 366 Å². The number of nitrogens with zero attached hydrogens (tertiary/aromatic N) is 5. The highest BCUT2D eigenvalue weighted by molar-refractivity contribution is 7.99. The molecule has 3 aliphatic rings. The molecular formula is C43H46ClFN8O8S. The summed E-state index contributed by atoms with van der Waals surface area (Å²) < 4.78 is 31.2. The second-order valence-corrected chi connectivity index (χ2v) is 16.2. The van der Waals surface area contributed by atoms with Crippen molar-refractivity contribution in [2.75, 3.05) is 82.1 Å². The third-order valence-corrected chi connectivity index (χ3v) is 11.9. The number of ether oxygens (including phenoxy) is 3. The number of carbonyl (C=O) groups is 5. The number of aromatic nitrogens is 2. The number of piperidine rings is 1. The number of benzene rings is 3. The Kier molecular flexibility index (Phi) is 15.0. The van der Waals surface area contributed by atoms with Crippen LogP contribution in [0.2, 0.25) is 5.02 Å². The van der Waals surface area contributed by atoms with E-state index in [-0.39, 0.29) is 42.4 Å². The van der Waals surface area contributed by atoms with E-state index < -0.39 is 23.7 Å². The molecule has 0 radical (unpaired) electrons. The standard InChI is InChI=1S/C43H46ClFN8O8S/c1-2-38(54)49-34-22-29-33(46-26-47-41(29)48-27-7-8-32(45)31(44)21-27)23-36(34)61-16-4-11-51-12-14-52(15-13-51)40(56)25-60-18-17-59-19-20-62-37-6-3-5-28-30(37)24-53(43(28)58)35-9-10-39(55)50-42(35)57/h2-3,5-8,21-23,26,35H,1,4,9-20,24-25H2,(H,49,54)(H,46,47,48)(H,50,55,57). The summed E-state index contributed by atoms with van der Waals surface area (Å²) in [5.74, 6) is -0.480. The zero-order valence-electron chi connectivity index (χ0n) is 33.8. The molecule has 3 aliphatic heterocycles. The van der Waals surface area contributed by atoms with Crippen LogP contribution in [0.1, 0.15) is 35.2 Å². The normalized spacial score (nSPS) is 16.6. The zero-order chi connectivity index (χ0) is 43.6. The molecule has 2 saturated heterocycles. The van der Waals surface area contributed by atoms with Crippen LogP contribution in [0.15, 0.2) is 72.4 Å². The molecule has 4 aromatic rings. The Morgan fingerprint density at radius 3 is 2.63 bits per heavy atom. The summed E-state index contributed by atoms with van der Waals surface area (Å²) in [6.45, 7) is 8.59. The van der Waals surface area contributed by atoms with Gasteiger partial charge in [-0.2, -0.15) is 0 Å². The number of carbonyl (C=O) groups excluding carboxylic acids is 5. The van der Waals surface area contributed by atoms with Crippen LogP contribution in [0.5, 0.6) is 5.75 Å². The van der Waals surface area contributed by atoms with Crippen LogP contribution in [-0.4, -0.2) is 132 Å². The van der Waals surface area contributed by atoms with E-state index in [4.69, 9.17) is 25.8 Å². The lowest BCUT2D eigenvalue weighted by atomic mass is 10.0. The van der Waals surface area contributed by atoms with Crippen LogP contribution >= 0.6 is 23.4 Å². The molecule has 0 aliphatic carbocycles. The Balaban J connectivity index is 0.781. The Morgan fingerprint density at radius 1 is 1.02 bits per heavy atom. The fourth-order valence-corrected chi connectivity index (χ4v) is 8.48. The molecule has 4 heterocycles. The van der Waals surface area contributed by atoms with E-state index in [1.54, 1.807) is 39.8 Å². The van der Waals surface area contributed by atoms with Crippen molar-refractivity contribution in [3.05, 3.63) is 89.5 Å². The van der Waals surface area contributed by atoms with Gasteiger partial charge in [-0.3, -0.25) is 34.2 Å². The minimum absolute atomic E-state index is 0.0284. The van der Waals surface area contributed by atoms with Crippen molar-refractivity contribution >= 4 is 81.0 Å². The number of hydrogen-bond acceptors (Lipinski definition) is 13. The van der Waals surface area contributed by atoms with Gasteiger partial charge in [0.2, 0.25) is 23.6 Å². The molecule has 62 heavy (non-hydrogen) atoms. The van der Waals surface area contributed by atoms with Crippen molar-refractivity contribution in [2.45, 2.75) is 36.7 Å². The molecule has 3 N–H and O–H groups in total. The first-order valence-electron chi connectivity index (χ1n) is 20.2. The maximum Gasteiger partial charge on any atom is 0.255 e. The highest BCUT2D eigenvalue weighted by Crippen LogP contribution is 2.36. The molecule has 326 valence electrons. The molecule has 1 unspecified atom stereocenters. The number of nitrogens with one attached hydrogen (secondary N) is 3. The second kappa shape index (κ2) is 20.9. The molecular weight excluding hydrogens is 843 g/mol. The number of imide groups is 1. The van der Waals surface area contributed by atoms with E-state index >= 15 is 0 Å². The van der Waals surface area contributed by atoms with Crippen LogP contribution in [0, 0.1) is 5.82 Å². The number of amides is 5. The van der Waals surface area contributed by atoms with Crippen LogP contribution in [0.3, 0.4) is 0 Å². The predicted octanol–water partition coefficient (Wildman–Crippen LogP) is 4.79. The molecule has 0 bridgehead atoms. The number of anilines is 3. The molecule has 16 nitrogen and oxygen atoms in total. The summed E-state index contributed by atoms with van der Waals surface area (Å²) in [5.41, 5.74) is 2.95. The lowest BCUT2D eigenvalue weighted by molar-refractivity contribution is -0.138. The number of fused-ring (bicyclic) bond motifs is 2. The van der Waals surface area contributed by atoms with Crippen molar-refractivity contribution in [1.82, 2.24) is 30.0 Å². The fraction of sp³-hybridized carbons (Fsp3) is 0.372. The van der Waals surface area contributed by atoms with Gasteiger partial charge in [-0.15, -0.1) is 11.8 Å². The fourth-order valence-electron chi connectivity index (χ4n) is 7.36. The summed E-state index contributed by atoms with van der Waals surface area (Å²) >= 11 is 7.53. The maximum atomic E-state index is 13.7. The second-order valence-electron chi connectivity index (χ2n) is 14.7. The van der Waals surface area contributed by atoms with Gasteiger partial charge in [0.15, 0.2) is 0 Å². The lowest BCUT2D eigenvalue weighted by Crippen LogP contribution is -2.52. The average Bonchev–Trinajstić information content (AvgIpc) is 3.60. The van der Waals surface area contributed by atoms with E-state index in [1.807, 2.05) is 12.1 Å². The van der Waals surface area contributed by atoms with Gasteiger partial charge in [-0.05, 0) is 60.9 Å². The summed E-state index contributed by atoms with van der Waals surface area (Å²) in [7, 11) is 0. The van der Waals surface area contributed by atoms with E-state index in [1.165, 1.54) is 24.5 Å². The highest BCUT2D eigenvalue weighted by atomic mass is 35.5. The minimum atomic E-state index is -0.655. The maximum absolute atomic E-state index is 13.7. The Hall–Kier alpha value is -5.66. The third-order valence-electron chi connectivity index (χ3n) is 10.6. The molecule has 5 amide bonds. The molecule has 1 aromatic heterocycles. The van der Waals surface area contributed by atoms with Crippen LogP contribution < -0.4 is 20.7 Å². The first-order chi connectivity index (χ1) is 30.1. The zero-order valence-corrected chi connectivity index (χ0v) is 35.4. The first-order valence-corrected chi connectivity index (χ1v) is 21.6. The largest absolute Gasteiger partial charge is 0.491 e. The van der Waals surface area contributed by atoms with E-state index in [0.29, 0.717) is 111 Å². The van der Waals surface area contributed by atoms with Crippen molar-refractivity contribution in [3.63, 3.8) is 0 Å². The highest BCUT2D eigenvalue weighted by Gasteiger charge is 2.39. The predicted molar refractivity (Wildman–Crippen MR) is 231 cm³/mol. The minimum Gasteiger partial charge on any atom is -0.491 e. The monoisotopic (exact) mass is 888 g/mol. The summed E-state index contributed by atoms with van der Waals surface area (Å²) in [6, 6.07) is 12.6. The SMILES string of the molecule is C=CC(=O)Nc1cc2c(Nc3ccc(F)c(Cl)c3)ncnc2cc1OCCCN1CCN(C(=O)COCCOCCSc2cccc3c2CN(C2CCC(=O)NC2=O)C3=O)CC1. The van der Waals surface area contributed by atoms with Crippen LogP contribution in [0.25, 0.3) is 10.9 Å². The first kappa shape index (κ1) is 44.4. The van der Waals surface area contributed by atoms with Gasteiger partial charge < -0.3 is 34.6 Å². The molecule has 3 aromatic carbocycles. The summed E-state index contributed by atoms with van der Waals surface area (Å²) in [6.07, 6.45) is 3.78. The molecule has 1 atom stereocenters.